The van der Waals surface area contributed by atoms with Crippen molar-refractivity contribution in [2.24, 2.45) is 5.92 Å². The van der Waals surface area contributed by atoms with E-state index in [4.69, 9.17) is 0 Å². The van der Waals surface area contributed by atoms with Gasteiger partial charge in [-0.2, -0.15) is 0 Å². The van der Waals surface area contributed by atoms with Crippen LogP contribution in [-0.2, 0) is 4.79 Å². The van der Waals surface area contributed by atoms with E-state index in [1.807, 2.05) is 4.90 Å². The lowest BCUT2D eigenvalue weighted by Gasteiger charge is -2.44. The number of carbonyl (C=O) groups excluding carboxylic acids is 2. The third-order valence-electron chi connectivity index (χ3n) is 5.07. The molecule has 4 nitrogen and oxygen atoms in total. The van der Waals surface area contributed by atoms with Crippen LogP contribution in [0.2, 0.25) is 0 Å². The van der Waals surface area contributed by atoms with Gasteiger partial charge in [0.15, 0.2) is 11.6 Å². The zero-order valence-corrected chi connectivity index (χ0v) is 13.8. The van der Waals surface area contributed by atoms with Gasteiger partial charge in [0.1, 0.15) is 0 Å². The standard InChI is InChI=1S/C18H22F2N2O2/c1-2-14-5-3-4-8-22(14)18(24)13-10-21(11-13)17(23)12-6-7-15(19)16(20)9-12/h6-7,9,13-14H,2-5,8,10-11H2,1H3. The van der Waals surface area contributed by atoms with Crippen LogP contribution in [0.3, 0.4) is 0 Å². The maximum atomic E-state index is 13.2. The third-order valence-corrected chi connectivity index (χ3v) is 5.07. The van der Waals surface area contributed by atoms with Gasteiger partial charge in [-0.15, -0.1) is 0 Å². The molecule has 0 N–H and O–H groups in total. The van der Waals surface area contributed by atoms with E-state index in [2.05, 4.69) is 6.92 Å². The molecule has 2 heterocycles. The average molecular weight is 336 g/mol. The fourth-order valence-corrected chi connectivity index (χ4v) is 3.56. The van der Waals surface area contributed by atoms with E-state index < -0.39 is 11.6 Å². The number of carbonyl (C=O) groups is 2. The lowest BCUT2D eigenvalue weighted by Crippen LogP contribution is -2.58. The first kappa shape index (κ1) is 16.9. The number of piperidine rings is 1. The number of nitrogens with zero attached hydrogens (tertiary/aromatic N) is 2. The second-order valence-electron chi connectivity index (χ2n) is 6.63. The molecule has 6 heteroatoms. The molecule has 1 unspecified atom stereocenters. The summed E-state index contributed by atoms with van der Waals surface area (Å²) in [6.07, 6.45) is 4.20. The van der Waals surface area contributed by atoms with Crippen molar-refractivity contribution in [3.05, 3.63) is 35.4 Å². The Balaban J connectivity index is 1.59. The number of rotatable bonds is 3. The number of halogens is 2. The summed E-state index contributed by atoms with van der Waals surface area (Å²) in [7, 11) is 0. The lowest BCUT2D eigenvalue weighted by atomic mass is 9.93. The summed E-state index contributed by atoms with van der Waals surface area (Å²) in [6, 6.07) is 3.44. The highest BCUT2D eigenvalue weighted by molar-refractivity contribution is 5.96. The lowest BCUT2D eigenvalue weighted by molar-refractivity contribution is -0.143. The fourth-order valence-electron chi connectivity index (χ4n) is 3.56. The first-order valence-electron chi connectivity index (χ1n) is 8.56. The third kappa shape index (κ3) is 3.14. The molecule has 2 aliphatic heterocycles. The topological polar surface area (TPSA) is 40.6 Å². The Morgan fingerprint density at radius 1 is 1.17 bits per heavy atom. The van der Waals surface area contributed by atoms with E-state index in [9.17, 15) is 18.4 Å². The highest BCUT2D eigenvalue weighted by atomic mass is 19.2. The summed E-state index contributed by atoms with van der Waals surface area (Å²) in [5.74, 6) is -2.42. The van der Waals surface area contributed by atoms with Gasteiger partial charge in [-0.3, -0.25) is 9.59 Å². The van der Waals surface area contributed by atoms with Crippen LogP contribution < -0.4 is 0 Å². The van der Waals surface area contributed by atoms with Gasteiger partial charge in [-0.25, -0.2) is 8.78 Å². The Bertz CT molecular complexity index is 644. The van der Waals surface area contributed by atoms with Crippen molar-refractivity contribution in [2.75, 3.05) is 19.6 Å². The van der Waals surface area contributed by atoms with Crippen LogP contribution in [-0.4, -0.2) is 47.3 Å². The molecule has 0 aliphatic carbocycles. The van der Waals surface area contributed by atoms with E-state index in [-0.39, 0.29) is 23.3 Å². The minimum absolute atomic E-state index is 0.115. The molecule has 1 atom stereocenters. The zero-order chi connectivity index (χ0) is 17.3. The molecule has 24 heavy (non-hydrogen) atoms. The van der Waals surface area contributed by atoms with Crippen molar-refractivity contribution in [1.29, 1.82) is 0 Å². The molecule has 0 saturated carbocycles. The van der Waals surface area contributed by atoms with Crippen LogP contribution in [0.25, 0.3) is 0 Å². The summed E-state index contributed by atoms with van der Waals surface area (Å²) >= 11 is 0. The van der Waals surface area contributed by atoms with Crippen molar-refractivity contribution in [1.82, 2.24) is 9.80 Å². The number of likely N-dealkylation sites (tertiary alicyclic amines) is 2. The van der Waals surface area contributed by atoms with Crippen LogP contribution in [0.15, 0.2) is 18.2 Å². The van der Waals surface area contributed by atoms with E-state index in [1.165, 1.54) is 11.0 Å². The summed E-state index contributed by atoms with van der Waals surface area (Å²) < 4.78 is 26.2. The predicted molar refractivity (Wildman–Crippen MR) is 85.4 cm³/mol. The molecule has 1 aromatic carbocycles. The largest absolute Gasteiger partial charge is 0.339 e. The Morgan fingerprint density at radius 3 is 2.58 bits per heavy atom. The maximum Gasteiger partial charge on any atom is 0.254 e. The molecule has 2 amide bonds. The fraction of sp³-hybridized carbons (Fsp3) is 0.556. The van der Waals surface area contributed by atoms with Crippen LogP contribution >= 0.6 is 0 Å². The minimum Gasteiger partial charge on any atom is -0.339 e. The Morgan fingerprint density at radius 2 is 1.92 bits per heavy atom. The molecule has 0 aromatic heterocycles. The molecule has 2 fully saturated rings. The van der Waals surface area contributed by atoms with E-state index in [0.29, 0.717) is 19.1 Å². The maximum absolute atomic E-state index is 13.2. The van der Waals surface area contributed by atoms with Gasteiger partial charge in [-0.05, 0) is 43.9 Å². The Labute approximate surface area is 140 Å². The van der Waals surface area contributed by atoms with Crippen LogP contribution in [0.1, 0.15) is 43.0 Å². The summed E-state index contributed by atoms with van der Waals surface area (Å²) in [6.45, 7) is 3.59. The van der Waals surface area contributed by atoms with Crippen LogP contribution in [0.5, 0.6) is 0 Å². The monoisotopic (exact) mass is 336 g/mol. The van der Waals surface area contributed by atoms with Gasteiger partial charge in [-0.1, -0.05) is 6.92 Å². The number of hydrogen-bond acceptors (Lipinski definition) is 2. The molecule has 2 aliphatic rings. The normalized spacial score (nSPS) is 21.5. The Kier molecular flexibility index (Phi) is 4.83. The van der Waals surface area contributed by atoms with Crippen LogP contribution in [0.4, 0.5) is 8.78 Å². The van der Waals surface area contributed by atoms with Crippen molar-refractivity contribution in [3.63, 3.8) is 0 Å². The first-order valence-corrected chi connectivity index (χ1v) is 8.56. The van der Waals surface area contributed by atoms with Gasteiger partial charge in [0.05, 0.1) is 5.92 Å². The molecular weight excluding hydrogens is 314 g/mol. The summed E-state index contributed by atoms with van der Waals surface area (Å²) in [4.78, 5) is 28.4. The quantitative estimate of drug-likeness (QED) is 0.852. The van der Waals surface area contributed by atoms with Crippen molar-refractivity contribution < 1.29 is 18.4 Å². The summed E-state index contributed by atoms with van der Waals surface area (Å²) in [5.41, 5.74) is 0.115. The first-order chi connectivity index (χ1) is 11.5. The SMILES string of the molecule is CCC1CCCCN1C(=O)C1CN(C(=O)c2ccc(F)c(F)c2)C1. The minimum atomic E-state index is -1.03. The van der Waals surface area contributed by atoms with E-state index >= 15 is 0 Å². The zero-order valence-electron chi connectivity index (χ0n) is 13.8. The number of hydrogen-bond donors (Lipinski definition) is 0. The second kappa shape index (κ2) is 6.87. The van der Waals surface area contributed by atoms with Gasteiger partial charge in [0, 0.05) is 31.2 Å². The number of amides is 2. The highest BCUT2D eigenvalue weighted by Crippen LogP contribution is 2.26. The van der Waals surface area contributed by atoms with Crippen LogP contribution in [0, 0.1) is 17.6 Å². The summed E-state index contributed by atoms with van der Waals surface area (Å²) in [5, 5.41) is 0. The molecule has 130 valence electrons. The van der Waals surface area contributed by atoms with Gasteiger partial charge >= 0.3 is 0 Å². The molecule has 0 bridgehead atoms. The molecular formula is C18H22F2N2O2. The van der Waals surface area contributed by atoms with Crippen molar-refractivity contribution >= 4 is 11.8 Å². The Hall–Kier alpha value is -1.98. The van der Waals surface area contributed by atoms with Gasteiger partial charge in [0.25, 0.3) is 5.91 Å². The highest BCUT2D eigenvalue weighted by Gasteiger charge is 2.40. The van der Waals surface area contributed by atoms with E-state index in [1.54, 1.807) is 0 Å². The van der Waals surface area contributed by atoms with Gasteiger partial charge < -0.3 is 9.80 Å². The van der Waals surface area contributed by atoms with Crippen molar-refractivity contribution in [3.8, 4) is 0 Å². The number of benzene rings is 1. The van der Waals surface area contributed by atoms with Gasteiger partial charge in [0.2, 0.25) is 5.91 Å². The molecule has 0 spiro atoms. The molecule has 1 aromatic rings. The molecule has 0 radical (unpaired) electrons. The molecule has 2 saturated heterocycles. The van der Waals surface area contributed by atoms with E-state index in [0.717, 1.165) is 44.4 Å². The smallest absolute Gasteiger partial charge is 0.254 e. The molecule has 3 rings (SSSR count). The second-order valence-corrected chi connectivity index (χ2v) is 6.63. The average Bonchev–Trinajstić information content (AvgIpc) is 2.55. The predicted octanol–water partition coefficient (Wildman–Crippen LogP) is 2.83. The van der Waals surface area contributed by atoms with Crippen molar-refractivity contribution in [2.45, 2.75) is 38.6 Å².